The smallest absolute Gasteiger partial charge is 0.407 e. The highest BCUT2D eigenvalue weighted by Gasteiger charge is 2.39. The third kappa shape index (κ3) is 4.77. The van der Waals surface area contributed by atoms with Crippen LogP contribution in [0.3, 0.4) is 0 Å². The number of nitrogens with one attached hydrogen (secondary N) is 2. The number of fused-ring (bicyclic) bond motifs is 3. The highest BCUT2D eigenvalue weighted by atomic mass is 16.5. The van der Waals surface area contributed by atoms with E-state index >= 15 is 0 Å². The zero-order valence-corrected chi connectivity index (χ0v) is 17.9. The van der Waals surface area contributed by atoms with E-state index in [0.29, 0.717) is 6.54 Å². The SMILES string of the molecule is O=C(O)CC1(CNC(=O)CCNC(=O)OCC2c3ccccc3-c3ccccc32)CCC1. The largest absolute Gasteiger partial charge is 0.481 e. The van der Waals surface area contributed by atoms with Crippen LogP contribution in [0.15, 0.2) is 48.5 Å². The van der Waals surface area contributed by atoms with Gasteiger partial charge in [0, 0.05) is 25.4 Å². The molecule has 4 rings (SSSR count). The van der Waals surface area contributed by atoms with Crippen LogP contribution in [0.4, 0.5) is 4.79 Å². The molecule has 3 N–H and O–H groups in total. The summed E-state index contributed by atoms with van der Waals surface area (Å²) in [6.45, 7) is 0.751. The zero-order valence-electron chi connectivity index (χ0n) is 17.9. The molecular weight excluding hydrogens is 408 g/mol. The molecule has 1 saturated carbocycles. The third-order valence-corrected chi connectivity index (χ3v) is 6.57. The molecule has 0 aliphatic heterocycles. The average Bonchev–Trinajstić information content (AvgIpc) is 3.07. The van der Waals surface area contributed by atoms with Gasteiger partial charge in [-0.1, -0.05) is 55.0 Å². The van der Waals surface area contributed by atoms with Crippen molar-refractivity contribution in [3.05, 3.63) is 59.7 Å². The van der Waals surface area contributed by atoms with Gasteiger partial charge in [-0.25, -0.2) is 4.79 Å². The molecule has 0 heterocycles. The van der Waals surface area contributed by atoms with Gasteiger partial charge in [0.1, 0.15) is 6.61 Å². The fourth-order valence-electron chi connectivity index (χ4n) is 4.72. The van der Waals surface area contributed by atoms with Crippen LogP contribution in [0.25, 0.3) is 11.1 Å². The molecule has 0 unspecified atom stereocenters. The molecule has 0 atom stereocenters. The lowest BCUT2D eigenvalue weighted by atomic mass is 9.66. The number of alkyl carbamates (subject to hydrolysis) is 1. The van der Waals surface area contributed by atoms with Crippen molar-refractivity contribution in [1.29, 1.82) is 0 Å². The van der Waals surface area contributed by atoms with E-state index < -0.39 is 12.1 Å². The van der Waals surface area contributed by atoms with Gasteiger partial charge in [0.2, 0.25) is 5.91 Å². The number of benzene rings is 2. The van der Waals surface area contributed by atoms with Gasteiger partial charge in [0.15, 0.2) is 0 Å². The topological polar surface area (TPSA) is 105 Å². The molecule has 0 bridgehead atoms. The van der Waals surface area contributed by atoms with E-state index in [1.165, 1.54) is 11.1 Å². The molecule has 0 saturated heterocycles. The first-order valence-electron chi connectivity index (χ1n) is 11.0. The Labute approximate surface area is 187 Å². The Morgan fingerprint density at radius 2 is 1.59 bits per heavy atom. The minimum Gasteiger partial charge on any atom is -0.481 e. The normalized spacial score (nSPS) is 15.8. The summed E-state index contributed by atoms with van der Waals surface area (Å²) in [6.07, 6.45) is 2.27. The number of carbonyl (C=O) groups is 3. The van der Waals surface area contributed by atoms with Gasteiger partial charge >= 0.3 is 12.1 Å². The number of carboxylic acids is 1. The predicted octanol–water partition coefficient (Wildman–Crippen LogP) is 3.68. The maximum Gasteiger partial charge on any atom is 0.407 e. The lowest BCUT2D eigenvalue weighted by molar-refractivity contribution is -0.141. The van der Waals surface area contributed by atoms with Crippen LogP contribution in [0.5, 0.6) is 0 Å². The Morgan fingerprint density at radius 1 is 0.969 bits per heavy atom. The van der Waals surface area contributed by atoms with Crippen molar-refractivity contribution < 1.29 is 24.2 Å². The quantitative estimate of drug-likeness (QED) is 0.556. The summed E-state index contributed by atoms with van der Waals surface area (Å²) in [5, 5.41) is 14.5. The second-order valence-electron chi connectivity index (χ2n) is 8.70. The minimum absolute atomic E-state index is 0.00986. The molecule has 0 aromatic heterocycles. The van der Waals surface area contributed by atoms with Gasteiger partial charge in [-0.2, -0.15) is 0 Å². The van der Waals surface area contributed by atoms with E-state index in [1.807, 2.05) is 24.3 Å². The zero-order chi connectivity index (χ0) is 22.6. The van der Waals surface area contributed by atoms with Crippen molar-refractivity contribution in [2.45, 2.75) is 38.0 Å². The molecule has 168 valence electrons. The highest BCUT2D eigenvalue weighted by molar-refractivity contribution is 5.79. The molecule has 2 aromatic carbocycles. The third-order valence-electron chi connectivity index (χ3n) is 6.57. The number of hydrogen-bond donors (Lipinski definition) is 3. The Morgan fingerprint density at radius 3 is 2.16 bits per heavy atom. The number of hydrogen-bond acceptors (Lipinski definition) is 4. The van der Waals surface area contributed by atoms with Gasteiger partial charge in [-0.3, -0.25) is 9.59 Å². The van der Waals surface area contributed by atoms with Crippen LogP contribution in [0, 0.1) is 5.41 Å². The number of rotatable bonds is 9. The monoisotopic (exact) mass is 436 g/mol. The highest BCUT2D eigenvalue weighted by Crippen LogP contribution is 2.44. The van der Waals surface area contributed by atoms with Crippen molar-refractivity contribution in [2.75, 3.05) is 19.7 Å². The summed E-state index contributed by atoms with van der Waals surface area (Å²) in [6, 6.07) is 16.3. The molecule has 2 aliphatic rings. The van der Waals surface area contributed by atoms with Gasteiger partial charge in [-0.15, -0.1) is 0 Å². The van der Waals surface area contributed by atoms with Gasteiger partial charge in [0.25, 0.3) is 0 Å². The molecule has 2 aliphatic carbocycles. The van der Waals surface area contributed by atoms with E-state index in [-0.39, 0.29) is 43.2 Å². The maximum absolute atomic E-state index is 12.2. The van der Waals surface area contributed by atoms with Crippen LogP contribution in [0.1, 0.15) is 49.1 Å². The number of ether oxygens (including phenoxy) is 1. The Kier molecular flexibility index (Phi) is 6.44. The fourth-order valence-corrected chi connectivity index (χ4v) is 4.72. The first kappa shape index (κ1) is 21.9. The Bertz CT molecular complexity index is 969. The average molecular weight is 437 g/mol. The van der Waals surface area contributed by atoms with Crippen LogP contribution in [0.2, 0.25) is 0 Å². The van der Waals surface area contributed by atoms with E-state index in [2.05, 4.69) is 34.9 Å². The first-order valence-corrected chi connectivity index (χ1v) is 11.0. The summed E-state index contributed by atoms with van der Waals surface area (Å²) in [7, 11) is 0. The summed E-state index contributed by atoms with van der Waals surface area (Å²) < 4.78 is 5.46. The van der Waals surface area contributed by atoms with Crippen molar-refractivity contribution in [3.63, 3.8) is 0 Å². The lowest BCUT2D eigenvalue weighted by Crippen LogP contribution is -2.44. The summed E-state index contributed by atoms with van der Waals surface area (Å²) in [5.41, 5.74) is 4.31. The molecule has 1 fully saturated rings. The van der Waals surface area contributed by atoms with Crippen LogP contribution < -0.4 is 10.6 Å². The van der Waals surface area contributed by atoms with Crippen molar-refractivity contribution in [2.24, 2.45) is 5.41 Å². The van der Waals surface area contributed by atoms with E-state index in [0.717, 1.165) is 30.4 Å². The second-order valence-corrected chi connectivity index (χ2v) is 8.70. The lowest BCUT2D eigenvalue weighted by Gasteiger charge is -2.40. The summed E-state index contributed by atoms with van der Waals surface area (Å²) >= 11 is 0. The van der Waals surface area contributed by atoms with Crippen LogP contribution in [-0.2, 0) is 14.3 Å². The molecular formula is C25H28N2O5. The standard InChI is InChI=1S/C25H28N2O5/c28-22(27-16-25(11-5-12-25)14-23(29)30)10-13-26-24(31)32-15-21-19-8-3-1-6-17(19)18-7-2-4-9-20(18)21/h1-4,6-9,21H,5,10-16H2,(H,26,31)(H,27,28)(H,29,30). The summed E-state index contributed by atoms with van der Waals surface area (Å²) in [5.74, 6) is -1.05. The molecule has 7 heteroatoms. The van der Waals surface area contributed by atoms with E-state index in [4.69, 9.17) is 9.84 Å². The number of carboxylic acid groups (broad SMARTS) is 1. The van der Waals surface area contributed by atoms with Crippen molar-refractivity contribution in [3.8, 4) is 11.1 Å². The predicted molar refractivity (Wildman–Crippen MR) is 119 cm³/mol. The molecule has 0 radical (unpaired) electrons. The van der Waals surface area contributed by atoms with Crippen LogP contribution >= 0.6 is 0 Å². The molecule has 7 nitrogen and oxygen atoms in total. The molecule has 32 heavy (non-hydrogen) atoms. The summed E-state index contributed by atoms with van der Waals surface area (Å²) in [4.78, 5) is 35.3. The first-order chi connectivity index (χ1) is 15.5. The fraction of sp³-hybridized carbons (Fsp3) is 0.400. The van der Waals surface area contributed by atoms with Crippen molar-refractivity contribution in [1.82, 2.24) is 10.6 Å². The van der Waals surface area contributed by atoms with Gasteiger partial charge in [-0.05, 0) is 40.5 Å². The minimum atomic E-state index is -0.837. The Hall–Kier alpha value is -3.35. The molecule has 0 spiro atoms. The number of aliphatic carboxylic acids is 1. The van der Waals surface area contributed by atoms with Gasteiger partial charge in [0.05, 0.1) is 6.42 Å². The second kappa shape index (κ2) is 9.42. The van der Waals surface area contributed by atoms with Crippen LogP contribution in [-0.4, -0.2) is 42.8 Å². The molecule has 2 aromatic rings. The Balaban J connectivity index is 1.21. The number of carbonyl (C=O) groups excluding carboxylic acids is 2. The van der Waals surface area contributed by atoms with Gasteiger partial charge < -0.3 is 20.5 Å². The van der Waals surface area contributed by atoms with Crippen molar-refractivity contribution >= 4 is 18.0 Å². The molecule has 2 amide bonds. The number of amides is 2. The maximum atomic E-state index is 12.2. The van der Waals surface area contributed by atoms with E-state index in [1.54, 1.807) is 0 Å². The van der Waals surface area contributed by atoms with E-state index in [9.17, 15) is 14.4 Å².